The smallest absolute Gasteiger partial charge is 0.545 e. The van der Waals surface area contributed by atoms with Crippen LogP contribution in [0.25, 0.3) is 0 Å². The van der Waals surface area contributed by atoms with Crippen molar-refractivity contribution in [2.45, 2.75) is 13.8 Å². The molecule has 118 valence electrons. The van der Waals surface area contributed by atoms with Crippen LogP contribution in [0, 0.1) is 0 Å². The molecule has 0 aromatic heterocycles. The van der Waals surface area contributed by atoms with Crippen LogP contribution in [0.3, 0.4) is 0 Å². The zero-order valence-electron chi connectivity index (χ0n) is 11.3. The van der Waals surface area contributed by atoms with E-state index in [1.54, 1.807) is 13.8 Å². The van der Waals surface area contributed by atoms with E-state index in [9.17, 15) is 29.4 Å². The van der Waals surface area contributed by atoms with Crippen molar-refractivity contribution in [3.05, 3.63) is 24.3 Å². The molecule has 0 N–H and O–H groups in total. The van der Waals surface area contributed by atoms with E-state index >= 15 is 0 Å². The van der Waals surface area contributed by atoms with Crippen molar-refractivity contribution in [3.8, 4) is 0 Å². The number of carbonyl (C=O) groups excluding carboxylic acids is 4. The summed E-state index contributed by atoms with van der Waals surface area (Å²) in [6.45, 7) is 3.72. The predicted molar refractivity (Wildman–Crippen MR) is 61.6 cm³/mol. The molecule has 21 heavy (non-hydrogen) atoms. The van der Waals surface area contributed by atoms with Crippen LogP contribution in [-0.2, 0) is 45.7 Å². The third-order valence-electron chi connectivity index (χ3n) is 1.28. The Balaban J connectivity index is -0.000000295. The van der Waals surface area contributed by atoms with Gasteiger partial charge in [0.1, 0.15) is 0 Å². The van der Waals surface area contributed by atoms with Crippen molar-refractivity contribution in [1.29, 1.82) is 0 Å². The molecule has 0 atom stereocenters. The molecule has 0 rings (SSSR count). The Kier molecular flexibility index (Phi) is 18.2. The first kappa shape index (κ1) is 23.9. The number of hydrogen-bond donors (Lipinski definition) is 0. The van der Waals surface area contributed by atoms with Crippen molar-refractivity contribution < 1.29 is 55.9 Å². The summed E-state index contributed by atoms with van der Waals surface area (Å²) in [4.78, 5) is 40.1. The average molecular weight is 342 g/mol. The third-order valence-corrected chi connectivity index (χ3v) is 1.28. The van der Waals surface area contributed by atoms with Gasteiger partial charge >= 0.3 is 29.0 Å². The number of esters is 2. The van der Waals surface area contributed by atoms with Crippen LogP contribution in [0.5, 0.6) is 0 Å². The maximum Gasteiger partial charge on any atom is 2.00 e. The molecule has 0 saturated heterocycles. The Morgan fingerprint density at radius 3 is 1.24 bits per heavy atom. The van der Waals surface area contributed by atoms with Crippen LogP contribution < -0.4 is 10.2 Å². The zero-order valence-corrected chi connectivity index (χ0v) is 12.4. The molecule has 0 unspecified atom stereocenters. The van der Waals surface area contributed by atoms with Gasteiger partial charge in [0.25, 0.3) is 0 Å². The zero-order chi connectivity index (χ0) is 16.0. The van der Waals surface area contributed by atoms with Gasteiger partial charge in [-0.3, -0.25) is 0 Å². The number of carbonyl (C=O) groups is 4. The Morgan fingerprint density at radius 1 is 0.762 bits per heavy atom. The van der Waals surface area contributed by atoms with Gasteiger partial charge in [-0.05, 0) is 26.0 Å². The fourth-order valence-corrected chi connectivity index (χ4v) is 0.653. The summed E-state index contributed by atoms with van der Waals surface area (Å²) in [5.41, 5.74) is 0. The van der Waals surface area contributed by atoms with Gasteiger partial charge in [0.15, 0.2) is 0 Å². The molecule has 0 saturated carbocycles. The van der Waals surface area contributed by atoms with E-state index in [0.29, 0.717) is 12.2 Å². The summed E-state index contributed by atoms with van der Waals surface area (Å²) in [5, 5.41) is 19.4. The first-order valence-corrected chi connectivity index (χ1v) is 5.45. The largest absolute Gasteiger partial charge is 2.00 e. The van der Waals surface area contributed by atoms with Gasteiger partial charge in [-0.2, -0.15) is 0 Å². The van der Waals surface area contributed by atoms with Gasteiger partial charge in [-0.1, -0.05) is 0 Å². The Hall–Kier alpha value is -2.12. The molecule has 0 heterocycles. The van der Waals surface area contributed by atoms with E-state index in [1.165, 1.54) is 0 Å². The molecule has 0 amide bonds. The fourth-order valence-electron chi connectivity index (χ4n) is 0.653. The monoisotopic (exact) mass is 342 g/mol. The molecule has 9 heteroatoms. The quantitative estimate of drug-likeness (QED) is 0.299. The van der Waals surface area contributed by atoms with Crippen LogP contribution in [0.2, 0.25) is 0 Å². The van der Waals surface area contributed by atoms with E-state index in [2.05, 4.69) is 9.47 Å². The number of carboxylic acids is 2. The van der Waals surface area contributed by atoms with Crippen LogP contribution >= 0.6 is 0 Å². The first-order valence-electron chi connectivity index (χ1n) is 5.45. The maximum absolute atomic E-state index is 10.3. The third kappa shape index (κ3) is 23.4. The molecule has 0 fully saturated rings. The van der Waals surface area contributed by atoms with E-state index in [4.69, 9.17) is 0 Å². The minimum absolute atomic E-state index is 0. The summed E-state index contributed by atoms with van der Waals surface area (Å²) in [7, 11) is 0. The average Bonchev–Trinajstić information content (AvgIpc) is 2.35. The van der Waals surface area contributed by atoms with Gasteiger partial charge in [0.2, 0.25) is 0 Å². The van der Waals surface area contributed by atoms with Crippen LogP contribution in [0.1, 0.15) is 13.8 Å². The van der Waals surface area contributed by atoms with Crippen molar-refractivity contribution in [1.82, 2.24) is 0 Å². The molecule has 0 aliphatic rings. The molecule has 0 bridgehead atoms. The molecule has 0 aromatic rings. The normalized spacial score (nSPS) is 9.24. The molecule has 0 aliphatic carbocycles. The number of carboxylic acid groups (broad SMARTS) is 2. The summed E-state index contributed by atoms with van der Waals surface area (Å²) >= 11 is 0. The molecule has 0 radical (unpaired) electrons. The van der Waals surface area contributed by atoms with E-state index in [-0.39, 0.29) is 30.3 Å². The minimum Gasteiger partial charge on any atom is -0.545 e. The first-order chi connectivity index (χ1) is 9.33. The molecule has 0 aromatic carbocycles. The second-order valence-electron chi connectivity index (χ2n) is 2.81. The number of hydrogen-bond acceptors (Lipinski definition) is 8. The fraction of sp³-hybridized carbons (Fsp3) is 0.333. The van der Waals surface area contributed by atoms with Crippen molar-refractivity contribution >= 4 is 23.9 Å². The van der Waals surface area contributed by atoms with Crippen LogP contribution in [-0.4, -0.2) is 37.1 Å². The topological polar surface area (TPSA) is 133 Å². The molecular formula is C12H14FeO8. The van der Waals surface area contributed by atoms with E-state index < -0.39 is 23.9 Å². The number of rotatable bonds is 6. The second-order valence-corrected chi connectivity index (χ2v) is 2.81. The molecular weight excluding hydrogens is 328 g/mol. The van der Waals surface area contributed by atoms with E-state index in [0.717, 1.165) is 12.2 Å². The van der Waals surface area contributed by atoms with Crippen LogP contribution in [0.4, 0.5) is 0 Å². The standard InChI is InChI=1S/2C6H8O4.Fe/c2*1-2-10-6(9)4-3-5(7)8;/h2*3-4H,2H2,1H3,(H,7,8);/q;;+2/p-2. The Labute approximate surface area is 131 Å². The van der Waals surface area contributed by atoms with Gasteiger partial charge < -0.3 is 29.3 Å². The van der Waals surface area contributed by atoms with Crippen molar-refractivity contribution in [2.24, 2.45) is 0 Å². The summed E-state index contributed by atoms with van der Waals surface area (Å²) in [5.74, 6) is -4.17. The second kappa shape index (κ2) is 15.9. The van der Waals surface area contributed by atoms with Gasteiger partial charge in [0.05, 0.1) is 25.2 Å². The predicted octanol–water partition coefficient (Wildman–Crippen LogP) is -2.29. The van der Waals surface area contributed by atoms with Crippen molar-refractivity contribution in [2.75, 3.05) is 13.2 Å². The minimum atomic E-state index is -1.41. The number of aliphatic carboxylic acids is 2. The Morgan fingerprint density at radius 2 is 1.05 bits per heavy atom. The van der Waals surface area contributed by atoms with Crippen LogP contribution in [0.15, 0.2) is 24.3 Å². The summed E-state index contributed by atoms with van der Waals surface area (Å²) in [6.07, 6.45) is 2.85. The van der Waals surface area contributed by atoms with Gasteiger partial charge in [-0.25, -0.2) is 9.59 Å². The maximum atomic E-state index is 10.3. The number of ether oxygens (including phenoxy) is 2. The SMILES string of the molecule is CCOC(=O)C=CC(=O)[O-].CCOC(=O)C=CC(=O)[O-].[Fe+2]. The summed E-state index contributed by atoms with van der Waals surface area (Å²) in [6, 6.07) is 0. The molecule has 0 aliphatic heterocycles. The molecule has 0 spiro atoms. The summed E-state index contributed by atoms with van der Waals surface area (Å²) < 4.78 is 8.75. The van der Waals surface area contributed by atoms with Crippen molar-refractivity contribution in [3.63, 3.8) is 0 Å². The van der Waals surface area contributed by atoms with E-state index in [1.807, 2.05) is 0 Å². The molecule has 8 nitrogen and oxygen atoms in total. The Bertz CT molecular complexity index is 362. The van der Waals surface area contributed by atoms with Gasteiger partial charge in [0, 0.05) is 12.2 Å². The van der Waals surface area contributed by atoms with Gasteiger partial charge in [-0.15, -0.1) is 0 Å².